The third kappa shape index (κ3) is 5.24. The van der Waals surface area contributed by atoms with Crippen molar-refractivity contribution in [2.75, 3.05) is 19.7 Å². The fraction of sp³-hybridized carbons (Fsp3) is 0.444. The Hall–Kier alpha value is -3.35. The number of ether oxygens (including phenoxy) is 1. The molecule has 0 bridgehead atoms. The van der Waals surface area contributed by atoms with Crippen LogP contribution in [0.25, 0.3) is 11.1 Å². The van der Waals surface area contributed by atoms with Gasteiger partial charge in [-0.25, -0.2) is 4.79 Å². The van der Waals surface area contributed by atoms with E-state index in [0.29, 0.717) is 6.54 Å². The van der Waals surface area contributed by atoms with Gasteiger partial charge in [0.25, 0.3) is 0 Å². The van der Waals surface area contributed by atoms with Crippen LogP contribution >= 0.6 is 0 Å². The Bertz CT molecular complexity index is 1010. The largest absolute Gasteiger partial charge is 0.480 e. The highest BCUT2D eigenvalue weighted by atomic mass is 16.5. The number of hydrogen-bond acceptors (Lipinski definition) is 4. The Morgan fingerprint density at radius 1 is 1.00 bits per heavy atom. The molecule has 2 amide bonds. The molecule has 2 atom stereocenters. The van der Waals surface area contributed by atoms with Gasteiger partial charge in [0.1, 0.15) is 13.2 Å². The van der Waals surface area contributed by atoms with E-state index in [9.17, 15) is 14.4 Å². The van der Waals surface area contributed by atoms with Crippen molar-refractivity contribution in [2.24, 2.45) is 5.92 Å². The molecule has 2 aromatic rings. The van der Waals surface area contributed by atoms with E-state index in [2.05, 4.69) is 29.6 Å². The van der Waals surface area contributed by atoms with Gasteiger partial charge >= 0.3 is 12.1 Å². The van der Waals surface area contributed by atoms with Crippen LogP contribution in [0.3, 0.4) is 0 Å². The van der Waals surface area contributed by atoms with Crippen LogP contribution in [0.15, 0.2) is 48.5 Å². The molecule has 34 heavy (non-hydrogen) atoms. The minimum absolute atomic E-state index is 0.00369. The second-order valence-electron chi connectivity index (χ2n) is 9.13. The summed E-state index contributed by atoms with van der Waals surface area (Å²) in [6.45, 7) is 2.07. The molecule has 7 nitrogen and oxygen atoms in total. The first-order valence-electron chi connectivity index (χ1n) is 12.1. The van der Waals surface area contributed by atoms with Crippen LogP contribution in [0.4, 0.5) is 4.79 Å². The highest BCUT2D eigenvalue weighted by molar-refractivity contribution is 5.82. The van der Waals surface area contributed by atoms with Crippen LogP contribution in [0.5, 0.6) is 0 Å². The van der Waals surface area contributed by atoms with E-state index in [1.54, 1.807) is 6.92 Å². The first-order valence-corrected chi connectivity index (χ1v) is 12.1. The lowest BCUT2D eigenvalue weighted by molar-refractivity contribution is -0.144. The molecule has 0 unspecified atom stereocenters. The van der Waals surface area contributed by atoms with Crippen molar-refractivity contribution in [3.8, 4) is 11.1 Å². The predicted octanol–water partition coefficient (Wildman–Crippen LogP) is 4.41. The zero-order valence-electron chi connectivity index (χ0n) is 19.5. The Balaban J connectivity index is 1.36. The molecule has 0 saturated heterocycles. The highest BCUT2D eigenvalue weighted by Crippen LogP contribution is 2.44. The van der Waals surface area contributed by atoms with Crippen molar-refractivity contribution >= 4 is 18.0 Å². The number of nitrogens with one attached hydrogen (secondary N) is 1. The Kier molecular flexibility index (Phi) is 7.50. The second kappa shape index (κ2) is 10.7. The third-order valence-electron chi connectivity index (χ3n) is 7.05. The highest BCUT2D eigenvalue weighted by Gasteiger charge is 2.32. The molecule has 0 heterocycles. The maximum absolute atomic E-state index is 12.8. The van der Waals surface area contributed by atoms with E-state index < -0.39 is 12.1 Å². The first kappa shape index (κ1) is 23.8. The van der Waals surface area contributed by atoms with Crippen molar-refractivity contribution in [1.82, 2.24) is 10.2 Å². The Morgan fingerprint density at radius 2 is 1.62 bits per heavy atom. The van der Waals surface area contributed by atoms with E-state index >= 15 is 0 Å². The van der Waals surface area contributed by atoms with E-state index in [1.165, 1.54) is 16.0 Å². The van der Waals surface area contributed by atoms with Gasteiger partial charge < -0.3 is 20.1 Å². The summed E-state index contributed by atoms with van der Waals surface area (Å²) in [4.78, 5) is 37.8. The minimum Gasteiger partial charge on any atom is -0.480 e. The van der Waals surface area contributed by atoms with Gasteiger partial charge in [-0.15, -0.1) is 0 Å². The predicted molar refractivity (Wildman–Crippen MR) is 128 cm³/mol. The number of carbonyl (C=O) groups excluding carboxylic acids is 2. The monoisotopic (exact) mass is 464 g/mol. The molecule has 2 aliphatic carbocycles. The summed E-state index contributed by atoms with van der Waals surface area (Å²) in [6.07, 6.45) is 3.34. The molecular weight excluding hydrogens is 432 g/mol. The number of alkyl carbamates (subject to hydrolysis) is 1. The van der Waals surface area contributed by atoms with Gasteiger partial charge in [0.05, 0.1) is 0 Å². The number of likely N-dealkylation sites (N-methyl/N-ethyl adjacent to an activating group) is 1. The Labute approximate surface area is 200 Å². The SMILES string of the molecule is CCN(CC(=O)O)C(=O)C[C@@H]1CCCC[C@@H]1NC(=O)OCC1c2ccccc2-c2ccccc21. The van der Waals surface area contributed by atoms with Crippen LogP contribution in [0.1, 0.15) is 56.1 Å². The normalized spacial score (nSPS) is 19.1. The van der Waals surface area contributed by atoms with Crippen LogP contribution in [-0.4, -0.2) is 53.7 Å². The number of carbonyl (C=O) groups is 3. The number of carboxylic acid groups (broad SMARTS) is 1. The summed E-state index contributed by atoms with van der Waals surface area (Å²) in [5.74, 6) is -1.23. The minimum atomic E-state index is -1.02. The lowest BCUT2D eigenvalue weighted by atomic mass is 9.82. The fourth-order valence-corrected chi connectivity index (χ4v) is 5.33. The molecule has 0 radical (unpaired) electrons. The zero-order chi connectivity index (χ0) is 24.1. The van der Waals surface area contributed by atoms with Crippen LogP contribution in [0.2, 0.25) is 0 Å². The standard InChI is InChI=1S/C27H32N2O5/c1-2-29(16-26(31)32)25(30)15-18-9-3-8-14-24(18)28-27(33)34-17-23-21-12-6-4-10-19(21)20-11-5-7-13-22(20)23/h4-7,10-13,18,23-24H,2-3,8-9,14-17H2,1H3,(H,28,33)(H,31,32)/t18-,24-/m0/s1. The average Bonchev–Trinajstić information content (AvgIpc) is 3.16. The number of benzene rings is 2. The number of amides is 2. The molecule has 2 aliphatic rings. The van der Waals surface area contributed by atoms with Crippen LogP contribution in [-0.2, 0) is 14.3 Å². The topological polar surface area (TPSA) is 95.9 Å². The molecule has 180 valence electrons. The number of nitrogens with zero attached hydrogens (tertiary/aromatic N) is 1. The molecule has 0 aliphatic heterocycles. The summed E-state index contributed by atoms with van der Waals surface area (Å²) in [5.41, 5.74) is 4.69. The molecule has 0 spiro atoms. The number of carboxylic acids is 1. The van der Waals surface area contributed by atoms with Gasteiger partial charge in [0.15, 0.2) is 0 Å². The molecule has 7 heteroatoms. The first-order chi connectivity index (χ1) is 16.5. The maximum Gasteiger partial charge on any atom is 0.407 e. The number of fused-ring (bicyclic) bond motifs is 3. The molecular formula is C27H32N2O5. The van der Waals surface area contributed by atoms with Gasteiger partial charge in [-0.2, -0.15) is 0 Å². The maximum atomic E-state index is 12.8. The van der Waals surface area contributed by atoms with Gasteiger partial charge in [-0.05, 0) is 47.9 Å². The van der Waals surface area contributed by atoms with Gasteiger partial charge in [0, 0.05) is 24.9 Å². The summed E-state index contributed by atoms with van der Waals surface area (Å²) in [6, 6.07) is 16.3. The molecule has 0 aromatic heterocycles. The van der Waals surface area contributed by atoms with Crippen molar-refractivity contribution in [1.29, 1.82) is 0 Å². The molecule has 4 rings (SSSR count). The third-order valence-corrected chi connectivity index (χ3v) is 7.05. The number of rotatable bonds is 8. The second-order valence-corrected chi connectivity index (χ2v) is 9.13. The van der Waals surface area contributed by atoms with E-state index in [1.807, 2.05) is 24.3 Å². The van der Waals surface area contributed by atoms with Gasteiger partial charge in [0.2, 0.25) is 5.91 Å². The quantitative estimate of drug-likeness (QED) is 0.603. The average molecular weight is 465 g/mol. The number of hydrogen-bond donors (Lipinski definition) is 2. The molecule has 1 saturated carbocycles. The van der Waals surface area contributed by atoms with Gasteiger partial charge in [-0.3, -0.25) is 9.59 Å². The summed E-state index contributed by atoms with van der Waals surface area (Å²) >= 11 is 0. The molecule has 2 aromatic carbocycles. The lowest BCUT2D eigenvalue weighted by Crippen LogP contribution is -2.45. The van der Waals surface area contributed by atoms with Crippen molar-refractivity contribution in [3.05, 3.63) is 59.7 Å². The van der Waals surface area contributed by atoms with Crippen LogP contribution < -0.4 is 5.32 Å². The van der Waals surface area contributed by atoms with E-state index in [-0.39, 0.29) is 43.4 Å². The summed E-state index contributed by atoms with van der Waals surface area (Å²) in [5, 5.41) is 12.0. The summed E-state index contributed by atoms with van der Waals surface area (Å²) < 4.78 is 5.69. The summed E-state index contributed by atoms with van der Waals surface area (Å²) in [7, 11) is 0. The molecule has 1 fully saturated rings. The fourth-order valence-electron chi connectivity index (χ4n) is 5.33. The molecule has 2 N–H and O–H groups in total. The smallest absolute Gasteiger partial charge is 0.407 e. The van der Waals surface area contributed by atoms with E-state index in [0.717, 1.165) is 36.8 Å². The van der Waals surface area contributed by atoms with E-state index in [4.69, 9.17) is 9.84 Å². The number of aliphatic carboxylic acids is 1. The Morgan fingerprint density at radius 3 is 2.24 bits per heavy atom. The van der Waals surface area contributed by atoms with Crippen molar-refractivity contribution < 1.29 is 24.2 Å². The van der Waals surface area contributed by atoms with Crippen molar-refractivity contribution in [2.45, 2.75) is 51.0 Å². The van der Waals surface area contributed by atoms with Gasteiger partial charge in [-0.1, -0.05) is 61.4 Å². The zero-order valence-corrected chi connectivity index (χ0v) is 19.5. The van der Waals surface area contributed by atoms with Crippen LogP contribution in [0, 0.1) is 5.92 Å². The van der Waals surface area contributed by atoms with Crippen molar-refractivity contribution in [3.63, 3.8) is 0 Å². The lowest BCUT2D eigenvalue weighted by Gasteiger charge is -2.33.